The van der Waals surface area contributed by atoms with Gasteiger partial charge in [-0.15, -0.1) is 0 Å². The summed E-state index contributed by atoms with van der Waals surface area (Å²) in [6.07, 6.45) is 78.1. The molecule has 0 fully saturated rings. The highest BCUT2D eigenvalue weighted by atomic mass is 31.2. The standard InChI is InChI=1S/C69H138NO8P/c1-3-5-7-9-11-13-15-17-19-21-22-23-24-25-26-27-28-29-30-31-32-33-34-35-36-37-38-39-40-41-42-43-44-46-48-50-52-54-56-58-60-62-69(72)78-67(66-77-79(73,74)76-64-63-70)65-75-68(71)61-59-57-55-53-51-49-47-45-20-18-16-14-12-10-8-6-4-2/h67H,3-66,70H2,1-2H3,(H,73,74). The summed E-state index contributed by atoms with van der Waals surface area (Å²) in [6.45, 7) is 3.83. The molecule has 2 atom stereocenters. The van der Waals surface area contributed by atoms with E-state index in [4.69, 9.17) is 24.3 Å². The van der Waals surface area contributed by atoms with Crippen molar-refractivity contribution in [3.8, 4) is 0 Å². The van der Waals surface area contributed by atoms with Crippen molar-refractivity contribution in [2.75, 3.05) is 26.4 Å². The van der Waals surface area contributed by atoms with Gasteiger partial charge in [0.15, 0.2) is 6.10 Å². The quantitative estimate of drug-likeness (QED) is 0.0347. The molecule has 472 valence electrons. The van der Waals surface area contributed by atoms with Crippen molar-refractivity contribution in [2.24, 2.45) is 5.73 Å². The van der Waals surface area contributed by atoms with Crippen LogP contribution in [-0.4, -0.2) is 49.3 Å². The molecule has 3 N–H and O–H groups in total. The van der Waals surface area contributed by atoms with Crippen LogP contribution >= 0.6 is 7.82 Å². The van der Waals surface area contributed by atoms with Gasteiger partial charge in [0, 0.05) is 19.4 Å². The molecule has 0 aliphatic heterocycles. The lowest BCUT2D eigenvalue weighted by molar-refractivity contribution is -0.161. The van der Waals surface area contributed by atoms with Crippen LogP contribution in [0.5, 0.6) is 0 Å². The van der Waals surface area contributed by atoms with Gasteiger partial charge in [0.05, 0.1) is 13.2 Å². The van der Waals surface area contributed by atoms with Crippen LogP contribution in [0.4, 0.5) is 0 Å². The normalized spacial score (nSPS) is 12.8. The Morgan fingerprint density at radius 1 is 0.329 bits per heavy atom. The van der Waals surface area contributed by atoms with E-state index in [-0.39, 0.29) is 38.6 Å². The number of carbonyl (C=O) groups excluding carboxylic acids is 2. The molecular formula is C69H138NO8P. The van der Waals surface area contributed by atoms with E-state index in [9.17, 15) is 19.0 Å². The maximum atomic E-state index is 12.7. The second-order valence-electron chi connectivity index (χ2n) is 24.5. The summed E-state index contributed by atoms with van der Waals surface area (Å²) in [5.41, 5.74) is 5.39. The molecule has 2 unspecified atom stereocenters. The average Bonchev–Trinajstić information content (AvgIpc) is 3.44. The molecule has 79 heavy (non-hydrogen) atoms. The highest BCUT2D eigenvalue weighted by Crippen LogP contribution is 2.43. The number of rotatable bonds is 69. The Hall–Kier alpha value is -0.990. The average molecular weight is 1140 g/mol. The summed E-state index contributed by atoms with van der Waals surface area (Å²) in [4.78, 5) is 35.2. The summed E-state index contributed by atoms with van der Waals surface area (Å²) >= 11 is 0. The molecule has 0 spiro atoms. The second-order valence-corrected chi connectivity index (χ2v) is 25.9. The first kappa shape index (κ1) is 78.0. The third-order valence-electron chi connectivity index (χ3n) is 16.5. The SMILES string of the molecule is CCCCCCCCCCCCCCCCCCCCCCCCCCCCCCCCCCCCCCCCCCCC(=O)OC(COC(=O)CCCCCCCCCCCCCCCCCCC)COP(=O)(O)OCCN. The van der Waals surface area contributed by atoms with Gasteiger partial charge in [-0.05, 0) is 12.8 Å². The Balaban J connectivity index is 3.68. The molecule has 10 heteroatoms. The molecule has 0 aromatic heterocycles. The van der Waals surface area contributed by atoms with E-state index in [0.717, 1.165) is 32.1 Å². The third-order valence-corrected chi connectivity index (χ3v) is 17.5. The zero-order chi connectivity index (χ0) is 57.3. The summed E-state index contributed by atoms with van der Waals surface area (Å²) < 4.78 is 33.1. The van der Waals surface area contributed by atoms with E-state index in [1.165, 1.54) is 334 Å². The van der Waals surface area contributed by atoms with E-state index < -0.39 is 26.5 Å². The summed E-state index contributed by atoms with van der Waals surface area (Å²) in [5.74, 6) is -0.800. The first-order valence-electron chi connectivity index (χ1n) is 35.5. The Morgan fingerprint density at radius 2 is 0.544 bits per heavy atom. The van der Waals surface area contributed by atoms with Gasteiger partial charge in [0.1, 0.15) is 6.61 Å². The first-order valence-corrected chi connectivity index (χ1v) is 37.0. The number of phosphoric ester groups is 1. The number of ether oxygens (including phenoxy) is 2. The number of carbonyl (C=O) groups is 2. The van der Waals surface area contributed by atoms with Gasteiger partial charge < -0.3 is 20.1 Å². The second kappa shape index (κ2) is 66.2. The number of unbranched alkanes of at least 4 members (excludes halogenated alkanes) is 56. The molecule has 0 aromatic carbocycles. The van der Waals surface area contributed by atoms with Gasteiger partial charge in [-0.1, -0.05) is 373 Å². The Kier molecular flexibility index (Phi) is 65.3. The molecule has 0 aliphatic carbocycles. The molecule has 0 bridgehead atoms. The van der Waals surface area contributed by atoms with Crippen molar-refractivity contribution < 1.29 is 37.6 Å². The maximum absolute atomic E-state index is 12.7. The van der Waals surface area contributed by atoms with E-state index in [1.54, 1.807) is 0 Å². The van der Waals surface area contributed by atoms with Crippen LogP contribution in [-0.2, 0) is 32.7 Å². The highest BCUT2D eigenvalue weighted by Gasteiger charge is 2.26. The van der Waals surface area contributed by atoms with Crippen LogP contribution in [0, 0.1) is 0 Å². The topological polar surface area (TPSA) is 134 Å². The molecule has 0 radical (unpaired) electrons. The predicted molar refractivity (Wildman–Crippen MR) is 340 cm³/mol. The number of hydrogen-bond acceptors (Lipinski definition) is 8. The number of esters is 2. The van der Waals surface area contributed by atoms with E-state index in [2.05, 4.69) is 13.8 Å². The molecular weight excluding hydrogens is 1000 g/mol. The molecule has 0 aliphatic rings. The van der Waals surface area contributed by atoms with E-state index >= 15 is 0 Å². The number of hydrogen-bond donors (Lipinski definition) is 2. The van der Waals surface area contributed by atoms with Crippen molar-refractivity contribution in [1.29, 1.82) is 0 Å². The van der Waals surface area contributed by atoms with Crippen LogP contribution in [0.25, 0.3) is 0 Å². The Labute approximate surface area is 492 Å². The van der Waals surface area contributed by atoms with Crippen LogP contribution in [0.1, 0.15) is 399 Å². The summed E-state index contributed by atoms with van der Waals surface area (Å²) in [6, 6.07) is 0. The van der Waals surface area contributed by atoms with Gasteiger partial charge >= 0.3 is 19.8 Å². The van der Waals surface area contributed by atoms with Crippen molar-refractivity contribution in [2.45, 2.75) is 405 Å². The minimum atomic E-state index is -4.38. The lowest BCUT2D eigenvalue weighted by Crippen LogP contribution is -2.29. The number of phosphoric acid groups is 1. The van der Waals surface area contributed by atoms with E-state index in [1.807, 2.05) is 0 Å². The summed E-state index contributed by atoms with van der Waals surface area (Å²) in [7, 11) is -4.38. The molecule has 0 heterocycles. The van der Waals surface area contributed by atoms with Gasteiger partial charge in [0.2, 0.25) is 0 Å². The van der Waals surface area contributed by atoms with Crippen LogP contribution in [0.3, 0.4) is 0 Å². The molecule has 0 saturated heterocycles. The zero-order valence-corrected chi connectivity index (χ0v) is 54.1. The lowest BCUT2D eigenvalue weighted by atomic mass is 10.0. The lowest BCUT2D eigenvalue weighted by Gasteiger charge is -2.19. The van der Waals surface area contributed by atoms with Crippen LogP contribution < -0.4 is 5.73 Å². The largest absolute Gasteiger partial charge is 0.472 e. The molecule has 0 amide bonds. The number of nitrogens with two attached hydrogens (primary N) is 1. The first-order chi connectivity index (χ1) is 38.8. The minimum Gasteiger partial charge on any atom is -0.462 e. The van der Waals surface area contributed by atoms with Gasteiger partial charge in [-0.25, -0.2) is 4.57 Å². The van der Waals surface area contributed by atoms with Gasteiger partial charge in [0.25, 0.3) is 0 Å². The molecule has 0 rings (SSSR count). The van der Waals surface area contributed by atoms with Crippen molar-refractivity contribution in [3.05, 3.63) is 0 Å². The van der Waals surface area contributed by atoms with E-state index in [0.29, 0.717) is 6.42 Å². The molecule has 0 saturated carbocycles. The van der Waals surface area contributed by atoms with Crippen LogP contribution in [0.2, 0.25) is 0 Å². The van der Waals surface area contributed by atoms with Gasteiger partial charge in [-0.3, -0.25) is 18.6 Å². The highest BCUT2D eigenvalue weighted by molar-refractivity contribution is 7.47. The third kappa shape index (κ3) is 66.0. The summed E-state index contributed by atoms with van der Waals surface area (Å²) in [5, 5.41) is 0. The molecule has 0 aromatic rings. The fraction of sp³-hybridized carbons (Fsp3) is 0.971. The maximum Gasteiger partial charge on any atom is 0.472 e. The molecule has 9 nitrogen and oxygen atoms in total. The van der Waals surface area contributed by atoms with Crippen molar-refractivity contribution in [1.82, 2.24) is 0 Å². The minimum absolute atomic E-state index is 0.0587. The monoisotopic (exact) mass is 1140 g/mol. The fourth-order valence-electron chi connectivity index (χ4n) is 11.2. The predicted octanol–water partition coefficient (Wildman–Crippen LogP) is 23.0. The Bertz CT molecular complexity index is 1250. The van der Waals surface area contributed by atoms with Crippen molar-refractivity contribution >= 4 is 19.8 Å². The van der Waals surface area contributed by atoms with Gasteiger partial charge in [-0.2, -0.15) is 0 Å². The Morgan fingerprint density at radius 3 is 0.772 bits per heavy atom. The van der Waals surface area contributed by atoms with Crippen molar-refractivity contribution in [3.63, 3.8) is 0 Å². The van der Waals surface area contributed by atoms with Crippen LogP contribution in [0.15, 0.2) is 0 Å². The smallest absolute Gasteiger partial charge is 0.462 e. The fourth-order valence-corrected chi connectivity index (χ4v) is 12.0. The zero-order valence-electron chi connectivity index (χ0n) is 53.2.